The van der Waals surface area contributed by atoms with Gasteiger partial charge in [-0.25, -0.2) is 0 Å². The Labute approximate surface area is 75.5 Å². The van der Waals surface area contributed by atoms with Crippen LogP contribution in [0, 0.1) is 0 Å². The summed E-state index contributed by atoms with van der Waals surface area (Å²) in [7, 11) is 0. The van der Waals surface area contributed by atoms with E-state index in [1.54, 1.807) is 0 Å². The van der Waals surface area contributed by atoms with Crippen molar-refractivity contribution in [3.8, 4) is 0 Å². The zero-order chi connectivity index (χ0) is 8.53. The van der Waals surface area contributed by atoms with Crippen LogP contribution >= 0.6 is 11.6 Å². The molecule has 0 heterocycles. The third-order valence-electron chi connectivity index (χ3n) is 1.92. The number of hydrogen-bond acceptors (Lipinski definition) is 1. The van der Waals surface area contributed by atoms with Gasteiger partial charge in [-0.3, -0.25) is 0 Å². The summed E-state index contributed by atoms with van der Waals surface area (Å²) in [6.07, 6.45) is 4.89. The van der Waals surface area contributed by atoms with E-state index in [4.69, 9.17) is 11.6 Å². The first kappa shape index (κ1) is 11.2. The maximum atomic E-state index is 5.55. The molecule has 0 aliphatic carbocycles. The number of nitrogens with one attached hydrogen (secondary N) is 1. The van der Waals surface area contributed by atoms with Crippen LogP contribution in [0.4, 0.5) is 0 Å². The highest BCUT2D eigenvalue weighted by Gasteiger charge is 1.94. The van der Waals surface area contributed by atoms with Crippen molar-refractivity contribution in [3.63, 3.8) is 0 Å². The van der Waals surface area contributed by atoms with Gasteiger partial charge in [-0.1, -0.05) is 13.3 Å². The van der Waals surface area contributed by atoms with E-state index in [1.165, 1.54) is 19.3 Å². The lowest BCUT2D eigenvalue weighted by atomic mass is 10.2. The molecule has 1 nitrogen and oxygen atoms in total. The molecule has 2 heteroatoms. The van der Waals surface area contributed by atoms with E-state index in [2.05, 4.69) is 19.2 Å². The van der Waals surface area contributed by atoms with Crippen LogP contribution < -0.4 is 5.32 Å². The van der Waals surface area contributed by atoms with Gasteiger partial charge >= 0.3 is 0 Å². The van der Waals surface area contributed by atoms with E-state index in [1.807, 2.05) is 0 Å². The molecule has 0 amide bonds. The van der Waals surface area contributed by atoms with Crippen molar-refractivity contribution in [1.29, 1.82) is 0 Å². The SMILES string of the molecule is CC[C@H](C)NCCCCCCl. The minimum Gasteiger partial charge on any atom is -0.314 e. The maximum Gasteiger partial charge on any atom is 0.0223 e. The summed E-state index contributed by atoms with van der Waals surface area (Å²) in [6, 6.07) is 0.672. The van der Waals surface area contributed by atoms with E-state index in [-0.39, 0.29) is 0 Å². The molecule has 11 heavy (non-hydrogen) atoms. The van der Waals surface area contributed by atoms with Crippen LogP contribution in [-0.4, -0.2) is 18.5 Å². The Balaban J connectivity index is 2.89. The zero-order valence-corrected chi connectivity index (χ0v) is 8.45. The normalized spacial score (nSPS) is 13.4. The van der Waals surface area contributed by atoms with Gasteiger partial charge in [0.2, 0.25) is 0 Å². The molecule has 0 aromatic carbocycles. The van der Waals surface area contributed by atoms with Gasteiger partial charge in [-0.05, 0) is 32.7 Å². The highest BCUT2D eigenvalue weighted by molar-refractivity contribution is 6.17. The predicted octanol–water partition coefficient (Wildman–Crippen LogP) is 2.78. The summed E-state index contributed by atoms with van der Waals surface area (Å²) in [4.78, 5) is 0. The summed E-state index contributed by atoms with van der Waals surface area (Å²) in [6.45, 7) is 5.57. The Hall–Kier alpha value is 0.250. The third-order valence-corrected chi connectivity index (χ3v) is 2.18. The second-order valence-electron chi connectivity index (χ2n) is 3.01. The Morgan fingerprint density at radius 3 is 2.55 bits per heavy atom. The van der Waals surface area contributed by atoms with Crippen molar-refractivity contribution in [3.05, 3.63) is 0 Å². The van der Waals surface area contributed by atoms with Gasteiger partial charge in [0.25, 0.3) is 0 Å². The van der Waals surface area contributed by atoms with Crippen molar-refractivity contribution in [2.75, 3.05) is 12.4 Å². The van der Waals surface area contributed by atoms with Crippen molar-refractivity contribution < 1.29 is 0 Å². The molecule has 0 aliphatic rings. The topological polar surface area (TPSA) is 12.0 Å². The summed E-state index contributed by atoms with van der Waals surface area (Å²) < 4.78 is 0. The van der Waals surface area contributed by atoms with Crippen molar-refractivity contribution in [2.24, 2.45) is 0 Å². The largest absolute Gasteiger partial charge is 0.314 e. The monoisotopic (exact) mass is 177 g/mol. The molecular weight excluding hydrogens is 158 g/mol. The molecule has 0 bridgehead atoms. The molecule has 0 aromatic heterocycles. The summed E-state index contributed by atoms with van der Waals surface area (Å²) >= 11 is 5.55. The summed E-state index contributed by atoms with van der Waals surface area (Å²) in [5.74, 6) is 0.809. The number of halogens is 1. The number of alkyl halides is 1. The zero-order valence-electron chi connectivity index (χ0n) is 7.70. The second-order valence-corrected chi connectivity index (χ2v) is 3.39. The maximum absolute atomic E-state index is 5.55. The summed E-state index contributed by atoms with van der Waals surface area (Å²) in [5, 5.41) is 3.45. The Kier molecular flexibility index (Phi) is 8.54. The first-order chi connectivity index (χ1) is 5.31. The Bertz CT molecular complexity index is 76.0. The second kappa shape index (κ2) is 8.35. The van der Waals surface area contributed by atoms with Crippen LogP contribution in [0.1, 0.15) is 39.5 Å². The first-order valence-corrected chi connectivity index (χ1v) is 5.14. The number of unbranched alkanes of at least 4 members (excludes halogenated alkanes) is 2. The minimum atomic E-state index is 0.672. The summed E-state index contributed by atoms with van der Waals surface area (Å²) in [5.41, 5.74) is 0. The van der Waals surface area contributed by atoms with Crippen LogP contribution in [0.15, 0.2) is 0 Å². The lowest BCUT2D eigenvalue weighted by Crippen LogP contribution is -2.25. The van der Waals surface area contributed by atoms with E-state index >= 15 is 0 Å². The molecular formula is C9H20ClN. The number of hydrogen-bond donors (Lipinski definition) is 1. The standard InChI is InChI=1S/C9H20ClN/c1-3-9(2)11-8-6-4-5-7-10/h9,11H,3-8H2,1-2H3/t9-/m0/s1. The highest BCUT2D eigenvalue weighted by Crippen LogP contribution is 1.96. The fourth-order valence-corrected chi connectivity index (χ4v) is 1.08. The van der Waals surface area contributed by atoms with Crippen LogP contribution in [-0.2, 0) is 0 Å². The average molecular weight is 178 g/mol. The lowest BCUT2D eigenvalue weighted by molar-refractivity contribution is 0.515. The van der Waals surface area contributed by atoms with Gasteiger partial charge in [0.05, 0.1) is 0 Å². The molecule has 0 aliphatic heterocycles. The molecule has 0 radical (unpaired) electrons. The molecule has 0 rings (SSSR count). The molecule has 68 valence electrons. The van der Waals surface area contributed by atoms with E-state index in [0.717, 1.165) is 18.8 Å². The number of rotatable bonds is 7. The van der Waals surface area contributed by atoms with Crippen LogP contribution in [0.5, 0.6) is 0 Å². The van der Waals surface area contributed by atoms with Crippen LogP contribution in [0.3, 0.4) is 0 Å². The van der Waals surface area contributed by atoms with Gasteiger partial charge in [0, 0.05) is 11.9 Å². The van der Waals surface area contributed by atoms with E-state index < -0.39 is 0 Å². The van der Waals surface area contributed by atoms with Crippen LogP contribution in [0.25, 0.3) is 0 Å². The molecule has 0 aromatic rings. The highest BCUT2D eigenvalue weighted by atomic mass is 35.5. The van der Waals surface area contributed by atoms with Gasteiger partial charge < -0.3 is 5.32 Å². The molecule has 1 N–H and O–H groups in total. The molecule has 1 atom stereocenters. The lowest BCUT2D eigenvalue weighted by Gasteiger charge is -2.09. The van der Waals surface area contributed by atoms with Gasteiger partial charge in [0.15, 0.2) is 0 Å². The fourth-order valence-electron chi connectivity index (χ4n) is 0.889. The predicted molar refractivity (Wildman–Crippen MR) is 52.3 cm³/mol. The molecule has 0 saturated carbocycles. The van der Waals surface area contributed by atoms with Gasteiger partial charge in [-0.15, -0.1) is 11.6 Å². The van der Waals surface area contributed by atoms with Gasteiger partial charge in [0.1, 0.15) is 0 Å². The molecule has 0 spiro atoms. The average Bonchev–Trinajstić information content (AvgIpc) is 2.04. The van der Waals surface area contributed by atoms with Crippen molar-refractivity contribution >= 4 is 11.6 Å². The Morgan fingerprint density at radius 1 is 1.27 bits per heavy atom. The first-order valence-electron chi connectivity index (χ1n) is 4.60. The third kappa shape index (κ3) is 8.15. The quantitative estimate of drug-likeness (QED) is 0.466. The smallest absolute Gasteiger partial charge is 0.0223 e. The fraction of sp³-hybridized carbons (Fsp3) is 1.00. The molecule has 0 fully saturated rings. The van der Waals surface area contributed by atoms with E-state index in [9.17, 15) is 0 Å². The van der Waals surface area contributed by atoms with Crippen molar-refractivity contribution in [1.82, 2.24) is 5.32 Å². The van der Waals surface area contributed by atoms with Crippen molar-refractivity contribution in [2.45, 2.75) is 45.6 Å². The van der Waals surface area contributed by atoms with Crippen LogP contribution in [0.2, 0.25) is 0 Å². The van der Waals surface area contributed by atoms with E-state index in [0.29, 0.717) is 6.04 Å². The Morgan fingerprint density at radius 2 is 2.00 bits per heavy atom. The van der Waals surface area contributed by atoms with Gasteiger partial charge in [-0.2, -0.15) is 0 Å². The minimum absolute atomic E-state index is 0.672. The molecule has 0 unspecified atom stereocenters. The molecule has 0 saturated heterocycles.